The van der Waals surface area contributed by atoms with Crippen molar-refractivity contribution in [2.45, 2.75) is 44.3 Å². The molecule has 1 aliphatic carbocycles. The van der Waals surface area contributed by atoms with Crippen LogP contribution in [0.5, 0.6) is 0 Å². The highest BCUT2D eigenvalue weighted by molar-refractivity contribution is 5.75. The largest absolute Gasteiger partial charge is 0.453 e. The summed E-state index contributed by atoms with van der Waals surface area (Å²) >= 11 is 0. The molecule has 1 aliphatic rings. The summed E-state index contributed by atoms with van der Waals surface area (Å²) in [6.45, 7) is 3.67. The summed E-state index contributed by atoms with van der Waals surface area (Å²) in [6, 6.07) is 1.24. The van der Waals surface area contributed by atoms with E-state index in [0.29, 0.717) is 11.4 Å². The number of anilines is 2. The van der Waals surface area contributed by atoms with Gasteiger partial charge in [-0.25, -0.2) is 29.7 Å². The number of nitrogens with one attached hydrogen (secondary N) is 3. The second kappa shape index (κ2) is 9.00. The van der Waals surface area contributed by atoms with E-state index in [1.54, 1.807) is 19.9 Å². The van der Waals surface area contributed by atoms with Crippen LogP contribution in [0.3, 0.4) is 0 Å². The van der Waals surface area contributed by atoms with Gasteiger partial charge in [-0.05, 0) is 32.8 Å². The molecule has 11 nitrogen and oxygen atoms in total. The zero-order valence-electron chi connectivity index (χ0n) is 19.2. The maximum atomic E-state index is 13.8. The third kappa shape index (κ3) is 4.81. The minimum absolute atomic E-state index is 0.0585. The molecular formula is C21H24F3N9O2. The lowest BCUT2D eigenvalue weighted by atomic mass is 10.1. The highest BCUT2D eigenvalue weighted by Gasteiger charge is 2.66. The topological polar surface area (TPSA) is 157 Å². The molecule has 0 spiro atoms. The van der Waals surface area contributed by atoms with Crippen LogP contribution >= 0.6 is 0 Å². The molecule has 3 heterocycles. The van der Waals surface area contributed by atoms with Gasteiger partial charge in [-0.2, -0.15) is 13.2 Å². The smallest absolute Gasteiger partial charge is 0.407 e. The van der Waals surface area contributed by atoms with Crippen LogP contribution in [-0.2, 0) is 10.2 Å². The van der Waals surface area contributed by atoms with Crippen molar-refractivity contribution in [1.82, 2.24) is 35.2 Å². The molecule has 1 amide bonds. The minimum Gasteiger partial charge on any atom is -0.453 e. The number of carbonyl (C=O) groups excluding carboxylic acids is 1. The van der Waals surface area contributed by atoms with Gasteiger partial charge in [0.25, 0.3) is 0 Å². The first-order valence-corrected chi connectivity index (χ1v) is 10.7. The van der Waals surface area contributed by atoms with Crippen LogP contribution in [0.1, 0.15) is 31.3 Å². The summed E-state index contributed by atoms with van der Waals surface area (Å²) in [5.41, 5.74) is 5.15. The van der Waals surface area contributed by atoms with E-state index in [9.17, 15) is 18.0 Å². The molecule has 1 fully saturated rings. The van der Waals surface area contributed by atoms with Gasteiger partial charge in [-0.15, -0.1) is 0 Å². The number of aryl methyl sites for hydroxylation is 1. The number of ether oxygens (including phenoxy) is 1. The third-order valence-corrected chi connectivity index (χ3v) is 5.70. The van der Waals surface area contributed by atoms with E-state index in [2.05, 4.69) is 45.3 Å². The van der Waals surface area contributed by atoms with Gasteiger partial charge in [-0.3, -0.25) is 0 Å². The van der Waals surface area contributed by atoms with Gasteiger partial charge < -0.3 is 26.1 Å². The number of amides is 1. The molecule has 1 saturated carbocycles. The number of aromatic amines is 1. The summed E-state index contributed by atoms with van der Waals surface area (Å²) in [7, 11) is 1.26. The Balaban J connectivity index is 1.70. The summed E-state index contributed by atoms with van der Waals surface area (Å²) in [5.74, 6) is 0.221. The molecule has 0 radical (unpaired) electrons. The molecule has 14 heteroatoms. The van der Waals surface area contributed by atoms with Gasteiger partial charge >= 0.3 is 12.3 Å². The van der Waals surface area contributed by atoms with E-state index in [0.717, 1.165) is 0 Å². The zero-order valence-corrected chi connectivity index (χ0v) is 19.2. The predicted molar refractivity (Wildman–Crippen MR) is 120 cm³/mol. The number of carbonyl (C=O) groups is 1. The number of methoxy groups -OCH3 is 1. The van der Waals surface area contributed by atoms with Gasteiger partial charge in [-0.1, -0.05) is 0 Å². The molecule has 3 aromatic heterocycles. The molecule has 0 unspecified atom stereocenters. The van der Waals surface area contributed by atoms with E-state index in [4.69, 9.17) is 5.73 Å². The highest BCUT2D eigenvalue weighted by atomic mass is 19.4. The fraction of sp³-hybridized carbons (Fsp3) is 0.429. The molecule has 186 valence electrons. The second-order valence-corrected chi connectivity index (χ2v) is 8.30. The van der Waals surface area contributed by atoms with Crippen molar-refractivity contribution < 1.29 is 22.7 Å². The fourth-order valence-electron chi connectivity index (χ4n) is 3.49. The fourth-order valence-corrected chi connectivity index (χ4v) is 3.49. The molecule has 1 atom stereocenters. The van der Waals surface area contributed by atoms with E-state index >= 15 is 0 Å². The highest BCUT2D eigenvalue weighted by Crippen LogP contribution is 2.58. The molecule has 0 bridgehead atoms. The Hall–Kier alpha value is -3.97. The first kappa shape index (κ1) is 24.2. The Morgan fingerprint density at radius 3 is 2.63 bits per heavy atom. The average Bonchev–Trinajstić information content (AvgIpc) is 3.53. The zero-order chi connectivity index (χ0) is 25.4. The van der Waals surface area contributed by atoms with E-state index in [-0.39, 0.29) is 60.1 Å². The molecule has 35 heavy (non-hydrogen) atoms. The molecule has 5 N–H and O–H groups in total. The predicted octanol–water partition coefficient (Wildman–Crippen LogP) is 2.96. The summed E-state index contributed by atoms with van der Waals surface area (Å²) in [6.07, 6.45) is -2.33. The molecule has 3 aromatic rings. The summed E-state index contributed by atoms with van der Waals surface area (Å²) < 4.78 is 46.0. The quantitative estimate of drug-likeness (QED) is 0.390. The second-order valence-electron chi connectivity index (χ2n) is 8.30. The minimum atomic E-state index is -4.46. The number of halogens is 3. The van der Waals surface area contributed by atoms with E-state index in [1.807, 2.05) is 0 Å². The Bertz CT molecular complexity index is 1240. The van der Waals surface area contributed by atoms with Crippen LogP contribution in [-0.4, -0.2) is 61.9 Å². The molecule has 4 rings (SSSR count). The van der Waals surface area contributed by atoms with Crippen molar-refractivity contribution in [3.63, 3.8) is 0 Å². The van der Waals surface area contributed by atoms with Gasteiger partial charge in [0.1, 0.15) is 28.4 Å². The number of H-pyrrole nitrogens is 1. The maximum absolute atomic E-state index is 13.8. The lowest BCUT2D eigenvalue weighted by molar-refractivity contribution is -0.162. The number of imidazole rings is 1. The van der Waals surface area contributed by atoms with Gasteiger partial charge in [0, 0.05) is 18.8 Å². The number of hydrogen-bond donors (Lipinski definition) is 4. The first-order chi connectivity index (χ1) is 16.5. The molecule has 0 saturated heterocycles. The lowest BCUT2D eigenvalue weighted by Gasteiger charge is -2.16. The van der Waals surface area contributed by atoms with Gasteiger partial charge in [0.05, 0.1) is 30.4 Å². The Morgan fingerprint density at radius 1 is 1.26 bits per heavy atom. The van der Waals surface area contributed by atoms with Crippen molar-refractivity contribution in [2.24, 2.45) is 0 Å². The normalized spacial score (nSPS) is 15.4. The van der Waals surface area contributed by atoms with Gasteiger partial charge in [0.15, 0.2) is 0 Å². The van der Waals surface area contributed by atoms with Crippen LogP contribution in [0.15, 0.2) is 18.5 Å². The van der Waals surface area contributed by atoms with Crippen LogP contribution in [0.2, 0.25) is 0 Å². The van der Waals surface area contributed by atoms with Gasteiger partial charge in [0.2, 0.25) is 5.95 Å². The summed E-state index contributed by atoms with van der Waals surface area (Å²) in [5, 5.41) is 5.58. The standard InChI is InChI=1S/C21H24F3N9O2/c1-10(29-19(34)35-3)8-28-18-26-7-4-12(31-18)14-15(13-9-27-16(25)11(2)30-13)33-17(32-14)20(5-6-20)21(22,23)24/h4,7,9-10H,5-6,8H2,1-3H3,(H2,25,27)(H,29,34)(H,32,33)(H,26,28,31)/t10-/m0/s1. The van der Waals surface area contributed by atoms with Crippen molar-refractivity contribution in [3.05, 3.63) is 30.0 Å². The SMILES string of the molecule is COC(=O)N[C@@H](C)CNc1nccc(-c2[nH]c(C3(C(F)(F)F)CC3)nc2-c2cnc(N)c(C)n2)n1. The van der Waals surface area contributed by atoms with E-state index in [1.165, 1.54) is 19.5 Å². The lowest BCUT2D eigenvalue weighted by Crippen LogP contribution is -2.37. The Labute approximate surface area is 198 Å². The molecule has 0 aliphatic heterocycles. The molecular weight excluding hydrogens is 467 g/mol. The number of aromatic nitrogens is 6. The Kier molecular flexibility index (Phi) is 6.21. The monoisotopic (exact) mass is 491 g/mol. The number of nitrogen functional groups attached to an aromatic ring is 1. The number of nitrogens with two attached hydrogens (primary N) is 1. The van der Waals surface area contributed by atoms with Crippen LogP contribution < -0.4 is 16.4 Å². The average molecular weight is 491 g/mol. The number of rotatable bonds is 7. The van der Waals surface area contributed by atoms with Crippen molar-refractivity contribution in [3.8, 4) is 22.8 Å². The van der Waals surface area contributed by atoms with E-state index < -0.39 is 17.7 Å². The third-order valence-electron chi connectivity index (χ3n) is 5.70. The number of alkyl carbamates (subject to hydrolysis) is 1. The van der Waals surface area contributed by atoms with Crippen LogP contribution in [0.25, 0.3) is 22.8 Å². The summed E-state index contributed by atoms with van der Waals surface area (Å²) in [4.78, 5) is 35.5. The number of hydrogen-bond acceptors (Lipinski definition) is 9. The molecule has 0 aromatic carbocycles. The number of nitrogens with zero attached hydrogens (tertiary/aromatic N) is 5. The van der Waals surface area contributed by atoms with Crippen molar-refractivity contribution in [1.29, 1.82) is 0 Å². The first-order valence-electron chi connectivity index (χ1n) is 10.7. The van der Waals surface area contributed by atoms with Crippen LogP contribution in [0, 0.1) is 6.92 Å². The maximum Gasteiger partial charge on any atom is 0.407 e. The van der Waals surface area contributed by atoms with Crippen LogP contribution in [0.4, 0.5) is 29.7 Å². The van der Waals surface area contributed by atoms with Crippen molar-refractivity contribution in [2.75, 3.05) is 24.7 Å². The Morgan fingerprint density at radius 2 is 2.00 bits per heavy atom. The van der Waals surface area contributed by atoms with Crippen molar-refractivity contribution >= 4 is 17.9 Å². The number of alkyl halides is 3.